The molecular formula is C16H23FN2S. The van der Waals surface area contributed by atoms with Crippen LogP contribution < -0.4 is 5.32 Å². The fourth-order valence-electron chi connectivity index (χ4n) is 3.29. The molecule has 0 saturated carbocycles. The molecule has 0 radical (unpaired) electrons. The molecular weight excluding hydrogens is 271 g/mol. The van der Waals surface area contributed by atoms with E-state index in [1.807, 2.05) is 12.1 Å². The summed E-state index contributed by atoms with van der Waals surface area (Å²) in [6.45, 7) is 2.38. The lowest BCUT2D eigenvalue weighted by molar-refractivity contribution is 0.146. The largest absolute Gasteiger partial charge is 0.381 e. The van der Waals surface area contributed by atoms with Crippen LogP contribution in [0.15, 0.2) is 24.3 Å². The molecule has 1 aromatic rings. The molecule has 1 aromatic carbocycles. The summed E-state index contributed by atoms with van der Waals surface area (Å²) in [6, 6.07) is 8.03. The van der Waals surface area contributed by atoms with Crippen LogP contribution in [0.25, 0.3) is 0 Å². The smallest absolute Gasteiger partial charge is 0.123 e. The number of nitrogens with one attached hydrogen (secondary N) is 1. The standard InChI is InChI=1S/C16H23FN2S/c17-13-3-5-14(6-4-13)18-15-2-1-9-19(12-15)16-7-10-20-11-8-16/h3-6,15-16,18H,1-2,7-12H2. The summed E-state index contributed by atoms with van der Waals surface area (Å²) in [5.74, 6) is 2.47. The molecule has 0 aliphatic carbocycles. The number of nitrogens with zero attached hydrogens (tertiary/aromatic N) is 1. The van der Waals surface area contributed by atoms with E-state index < -0.39 is 0 Å². The first-order valence-electron chi connectivity index (χ1n) is 7.65. The van der Waals surface area contributed by atoms with Crippen LogP contribution in [0.5, 0.6) is 0 Å². The molecule has 2 aliphatic rings. The first-order valence-corrected chi connectivity index (χ1v) is 8.80. The lowest BCUT2D eigenvalue weighted by atomic mass is 10.0. The zero-order chi connectivity index (χ0) is 13.8. The van der Waals surface area contributed by atoms with E-state index in [-0.39, 0.29) is 5.82 Å². The minimum atomic E-state index is -0.166. The van der Waals surface area contributed by atoms with Gasteiger partial charge in [0.1, 0.15) is 5.82 Å². The number of benzene rings is 1. The molecule has 2 nitrogen and oxygen atoms in total. The summed E-state index contributed by atoms with van der Waals surface area (Å²) < 4.78 is 12.9. The Bertz CT molecular complexity index is 417. The Labute approximate surface area is 125 Å². The van der Waals surface area contributed by atoms with Crippen LogP contribution in [0.4, 0.5) is 10.1 Å². The zero-order valence-electron chi connectivity index (χ0n) is 11.9. The number of rotatable bonds is 3. The van der Waals surface area contributed by atoms with Crippen LogP contribution >= 0.6 is 11.8 Å². The van der Waals surface area contributed by atoms with Crippen molar-refractivity contribution >= 4 is 17.4 Å². The Morgan fingerprint density at radius 2 is 1.85 bits per heavy atom. The molecule has 1 unspecified atom stereocenters. The summed E-state index contributed by atoms with van der Waals surface area (Å²) in [6.07, 6.45) is 5.17. The molecule has 0 amide bonds. The van der Waals surface area contributed by atoms with Crippen LogP contribution in [0.3, 0.4) is 0 Å². The van der Waals surface area contributed by atoms with Crippen molar-refractivity contribution in [2.45, 2.75) is 37.8 Å². The van der Waals surface area contributed by atoms with Crippen LogP contribution in [-0.4, -0.2) is 41.6 Å². The number of thioether (sulfide) groups is 1. The number of piperidine rings is 1. The number of likely N-dealkylation sites (tertiary alicyclic amines) is 1. The van der Waals surface area contributed by atoms with Gasteiger partial charge >= 0.3 is 0 Å². The third kappa shape index (κ3) is 3.67. The highest BCUT2D eigenvalue weighted by Gasteiger charge is 2.26. The molecule has 110 valence electrons. The van der Waals surface area contributed by atoms with Gasteiger partial charge in [0.25, 0.3) is 0 Å². The molecule has 2 saturated heterocycles. The summed E-state index contributed by atoms with van der Waals surface area (Å²) >= 11 is 2.09. The summed E-state index contributed by atoms with van der Waals surface area (Å²) in [5, 5.41) is 3.56. The van der Waals surface area contributed by atoms with E-state index in [0.717, 1.165) is 18.3 Å². The van der Waals surface area contributed by atoms with Gasteiger partial charge in [-0.3, -0.25) is 4.90 Å². The van der Waals surface area contributed by atoms with Gasteiger partial charge in [0.2, 0.25) is 0 Å². The van der Waals surface area contributed by atoms with E-state index in [9.17, 15) is 4.39 Å². The van der Waals surface area contributed by atoms with Crippen LogP contribution in [0.1, 0.15) is 25.7 Å². The SMILES string of the molecule is Fc1ccc(NC2CCCN(C3CCSCC3)C2)cc1. The lowest BCUT2D eigenvalue weighted by Crippen LogP contribution is -2.48. The monoisotopic (exact) mass is 294 g/mol. The summed E-state index contributed by atoms with van der Waals surface area (Å²) in [5.41, 5.74) is 1.04. The average Bonchev–Trinajstić information content (AvgIpc) is 2.51. The Morgan fingerprint density at radius 3 is 2.60 bits per heavy atom. The van der Waals surface area contributed by atoms with Gasteiger partial charge in [-0.15, -0.1) is 0 Å². The second-order valence-corrected chi connectivity index (χ2v) is 7.05. The van der Waals surface area contributed by atoms with Crippen molar-refractivity contribution in [3.63, 3.8) is 0 Å². The predicted octanol–water partition coefficient (Wildman–Crippen LogP) is 3.60. The fourth-order valence-corrected chi connectivity index (χ4v) is 4.37. The highest BCUT2D eigenvalue weighted by Crippen LogP contribution is 2.25. The molecule has 0 spiro atoms. The third-order valence-corrected chi connectivity index (χ3v) is 5.42. The maximum Gasteiger partial charge on any atom is 0.123 e. The van der Waals surface area contributed by atoms with Crippen molar-refractivity contribution in [1.82, 2.24) is 4.90 Å². The predicted molar refractivity (Wildman–Crippen MR) is 85.0 cm³/mol. The molecule has 2 aliphatic heterocycles. The number of hydrogen-bond donors (Lipinski definition) is 1. The third-order valence-electron chi connectivity index (χ3n) is 4.38. The number of anilines is 1. The average molecular weight is 294 g/mol. The minimum absolute atomic E-state index is 0.166. The van der Waals surface area contributed by atoms with E-state index in [1.165, 1.54) is 55.9 Å². The molecule has 2 fully saturated rings. The van der Waals surface area contributed by atoms with E-state index >= 15 is 0 Å². The first-order chi connectivity index (χ1) is 9.81. The van der Waals surface area contributed by atoms with Crippen molar-refractivity contribution in [2.24, 2.45) is 0 Å². The molecule has 1 atom stereocenters. The molecule has 20 heavy (non-hydrogen) atoms. The van der Waals surface area contributed by atoms with Crippen molar-refractivity contribution in [3.05, 3.63) is 30.1 Å². The van der Waals surface area contributed by atoms with E-state index in [0.29, 0.717) is 6.04 Å². The number of hydrogen-bond acceptors (Lipinski definition) is 3. The summed E-state index contributed by atoms with van der Waals surface area (Å²) in [4.78, 5) is 2.67. The van der Waals surface area contributed by atoms with Crippen molar-refractivity contribution in [1.29, 1.82) is 0 Å². The van der Waals surface area contributed by atoms with E-state index in [2.05, 4.69) is 22.0 Å². The van der Waals surface area contributed by atoms with E-state index in [1.54, 1.807) is 0 Å². The molecule has 2 heterocycles. The maximum atomic E-state index is 12.9. The maximum absolute atomic E-state index is 12.9. The van der Waals surface area contributed by atoms with Crippen LogP contribution in [-0.2, 0) is 0 Å². The van der Waals surface area contributed by atoms with Crippen molar-refractivity contribution < 1.29 is 4.39 Å². The molecule has 0 bridgehead atoms. The Kier molecular flexibility index (Phi) is 4.84. The van der Waals surface area contributed by atoms with E-state index in [4.69, 9.17) is 0 Å². The molecule has 3 rings (SSSR count). The number of halogens is 1. The minimum Gasteiger partial charge on any atom is -0.381 e. The molecule has 0 aromatic heterocycles. The van der Waals surface area contributed by atoms with Crippen LogP contribution in [0.2, 0.25) is 0 Å². The normalized spacial score (nSPS) is 25.6. The van der Waals surface area contributed by atoms with Gasteiger partial charge in [0.05, 0.1) is 0 Å². The highest BCUT2D eigenvalue weighted by atomic mass is 32.2. The molecule has 1 N–H and O–H groups in total. The van der Waals surface area contributed by atoms with Gasteiger partial charge in [-0.1, -0.05) is 0 Å². The highest BCUT2D eigenvalue weighted by molar-refractivity contribution is 7.99. The quantitative estimate of drug-likeness (QED) is 0.917. The van der Waals surface area contributed by atoms with Gasteiger partial charge < -0.3 is 5.32 Å². The topological polar surface area (TPSA) is 15.3 Å². The summed E-state index contributed by atoms with van der Waals surface area (Å²) in [7, 11) is 0. The van der Waals surface area contributed by atoms with Gasteiger partial charge in [-0.25, -0.2) is 4.39 Å². The van der Waals surface area contributed by atoms with Crippen molar-refractivity contribution in [2.75, 3.05) is 29.9 Å². The van der Waals surface area contributed by atoms with Crippen molar-refractivity contribution in [3.8, 4) is 0 Å². The van der Waals surface area contributed by atoms with Gasteiger partial charge in [-0.2, -0.15) is 11.8 Å². The van der Waals surface area contributed by atoms with Gasteiger partial charge in [0.15, 0.2) is 0 Å². The molecule has 4 heteroatoms. The lowest BCUT2D eigenvalue weighted by Gasteiger charge is -2.40. The van der Waals surface area contributed by atoms with Gasteiger partial charge in [-0.05, 0) is 68.0 Å². The first kappa shape index (κ1) is 14.2. The van der Waals surface area contributed by atoms with Gasteiger partial charge in [0, 0.05) is 24.3 Å². The zero-order valence-corrected chi connectivity index (χ0v) is 12.7. The fraction of sp³-hybridized carbons (Fsp3) is 0.625. The Hall–Kier alpha value is -0.740. The Balaban J connectivity index is 1.56. The second-order valence-electron chi connectivity index (χ2n) is 5.83. The second kappa shape index (κ2) is 6.81. The van der Waals surface area contributed by atoms with Crippen LogP contribution in [0, 0.1) is 5.82 Å². The Morgan fingerprint density at radius 1 is 1.10 bits per heavy atom.